The van der Waals surface area contributed by atoms with Gasteiger partial charge in [-0.1, -0.05) is 0 Å². The van der Waals surface area contributed by atoms with Gasteiger partial charge in [-0.15, -0.1) is 0 Å². The van der Waals surface area contributed by atoms with E-state index < -0.39 is 11.7 Å². The molecule has 2 rings (SSSR count). The third-order valence-electron chi connectivity index (χ3n) is 1.86. The van der Waals surface area contributed by atoms with E-state index in [4.69, 9.17) is 4.74 Å². The maximum Gasteiger partial charge on any atom is 0.416 e. The monoisotopic (exact) mass is 201 g/mol. The smallest absolute Gasteiger partial charge is 0.416 e. The van der Waals surface area contributed by atoms with Crippen LogP contribution in [0.4, 0.5) is 13.2 Å². The molecule has 0 bridgehead atoms. The van der Waals surface area contributed by atoms with Crippen molar-refractivity contribution in [3.8, 4) is 5.75 Å². The second-order valence-electron chi connectivity index (χ2n) is 2.84. The Labute approximate surface area is 78.0 Å². The molecule has 0 atom stereocenters. The van der Waals surface area contributed by atoms with E-state index in [-0.39, 0.29) is 6.73 Å². The molecular formula is C9H6F3NO. The van der Waals surface area contributed by atoms with Gasteiger partial charge in [-0.05, 0) is 18.2 Å². The van der Waals surface area contributed by atoms with Crippen LogP contribution in [0.25, 0.3) is 0 Å². The number of aliphatic imine (C=N–C) groups is 1. The molecule has 0 amide bonds. The third kappa shape index (κ3) is 1.57. The summed E-state index contributed by atoms with van der Waals surface area (Å²) in [6.45, 7) is 0.165. The molecule has 0 unspecified atom stereocenters. The quantitative estimate of drug-likeness (QED) is 0.631. The summed E-state index contributed by atoms with van der Waals surface area (Å²) in [6.07, 6.45) is -2.94. The summed E-state index contributed by atoms with van der Waals surface area (Å²) in [4.78, 5) is 3.73. The summed E-state index contributed by atoms with van der Waals surface area (Å²) in [5, 5.41) is 0. The standard InChI is InChI=1S/C9H6F3NO/c10-9(11,12)7-1-2-8-6(3-7)4-13-5-14-8/h1-4H,5H2. The van der Waals surface area contributed by atoms with Gasteiger partial charge in [-0.25, -0.2) is 0 Å². The first kappa shape index (κ1) is 9.05. The summed E-state index contributed by atoms with van der Waals surface area (Å²) < 4.78 is 41.8. The van der Waals surface area contributed by atoms with Gasteiger partial charge >= 0.3 is 6.18 Å². The number of hydrogen-bond acceptors (Lipinski definition) is 2. The minimum absolute atomic E-state index is 0.165. The molecule has 0 radical (unpaired) electrons. The number of alkyl halides is 3. The zero-order valence-electron chi connectivity index (χ0n) is 7.01. The number of nitrogens with zero attached hydrogens (tertiary/aromatic N) is 1. The molecule has 14 heavy (non-hydrogen) atoms. The molecule has 0 spiro atoms. The first-order chi connectivity index (χ1) is 6.57. The van der Waals surface area contributed by atoms with Crippen LogP contribution < -0.4 is 4.74 Å². The molecule has 0 fully saturated rings. The van der Waals surface area contributed by atoms with Crippen LogP contribution in [0.2, 0.25) is 0 Å². The normalized spacial score (nSPS) is 14.8. The molecule has 74 valence electrons. The molecule has 1 aliphatic heterocycles. The van der Waals surface area contributed by atoms with Gasteiger partial charge in [-0.3, -0.25) is 4.99 Å². The molecule has 5 heteroatoms. The van der Waals surface area contributed by atoms with Crippen LogP contribution in [-0.4, -0.2) is 12.9 Å². The van der Waals surface area contributed by atoms with Crippen molar-refractivity contribution >= 4 is 6.21 Å². The van der Waals surface area contributed by atoms with E-state index >= 15 is 0 Å². The summed E-state index contributed by atoms with van der Waals surface area (Å²) in [5.74, 6) is 0.438. The Morgan fingerprint density at radius 2 is 2.07 bits per heavy atom. The van der Waals surface area contributed by atoms with Crippen molar-refractivity contribution in [2.45, 2.75) is 6.18 Å². The Morgan fingerprint density at radius 3 is 2.79 bits per heavy atom. The molecule has 1 heterocycles. The Balaban J connectivity index is 2.45. The lowest BCUT2D eigenvalue weighted by molar-refractivity contribution is -0.137. The van der Waals surface area contributed by atoms with Gasteiger partial charge in [0.1, 0.15) is 5.75 Å². The van der Waals surface area contributed by atoms with Crippen LogP contribution in [0.5, 0.6) is 5.75 Å². The third-order valence-corrected chi connectivity index (χ3v) is 1.86. The van der Waals surface area contributed by atoms with Crippen molar-refractivity contribution in [1.82, 2.24) is 0 Å². The maximum atomic E-state index is 12.3. The van der Waals surface area contributed by atoms with Gasteiger partial charge in [0.05, 0.1) is 5.56 Å². The molecule has 0 aliphatic carbocycles. The van der Waals surface area contributed by atoms with Crippen LogP contribution in [0.15, 0.2) is 23.2 Å². The predicted octanol–water partition coefficient (Wildman–Crippen LogP) is 2.47. The number of benzene rings is 1. The molecule has 2 nitrogen and oxygen atoms in total. The summed E-state index contributed by atoms with van der Waals surface area (Å²) in [7, 11) is 0. The molecule has 0 saturated carbocycles. The highest BCUT2D eigenvalue weighted by molar-refractivity contribution is 5.84. The van der Waals surface area contributed by atoms with Crippen molar-refractivity contribution in [2.75, 3.05) is 6.73 Å². The molecule has 1 aromatic carbocycles. The SMILES string of the molecule is FC(F)(F)c1ccc2c(c1)C=NCO2. The Morgan fingerprint density at radius 1 is 1.29 bits per heavy atom. The second-order valence-corrected chi connectivity index (χ2v) is 2.84. The highest BCUT2D eigenvalue weighted by atomic mass is 19.4. The number of halogens is 3. The van der Waals surface area contributed by atoms with E-state index in [1.165, 1.54) is 12.3 Å². The molecule has 0 aromatic heterocycles. The molecular weight excluding hydrogens is 195 g/mol. The van der Waals surface area contributed by atoms with Crippen molar-refractivity contribution in [2.24, 2.45) is 4.99 Å². The van der Waals surface area contributed by atoms with Crippen LogP contribution in [-0.2, 0) is 6.18 Å². The molecule has 0 N–H and O–H groups in total. The molecule has 0 saturated heterocycles. The van der Waals surface area contributed by atoms with Gasteiger partial charge < -0.3 is 4.74 Å². The Kier molecular flexibility index (Phi) is 1.94. The zero-order valence-corrected chi connectivity index (χ0v) is 7.01. The largest absolute Gasteiger partial charge is 0.471 e. The van der Waals surface area contributed by atoms with Crippen LogP contribution >= 0.6 is 0 Å². The summed E-state index contributed by atoms with van der Waals surface area (Å²) in [6, 6.07) is 3.33. The Bertz CT molecular complexity index is 384. The first-order valence-electron chi connectivity index (χ1n) is 3.91. The summed E-state index contributed by atoms with van der Waals surface area (Å²) >= 11 is 0. The maximum absolute atomic E-state index is 12.3. The van der Waals surface area contributed by atoms with Gasteiger partial charge in [-0.2, -0.15) is 13.2 Å². The number of ether oxygens (including phenoxy) is 1. The van der Waals surface area contributed by atoms with Crippen molar-refractivity contribution in [1.29, 1.82) is 0 Å². The van der Waals surface area contributed by atoms with Crippen LogP contribution in [0.3, 0.4) is 0 Å². The van der Waals surface area contributed by atoms with Gasteiger partial charge in [0, 0.05) is 11.8 Å². The van der Waals surface area contributed by atoms with E-state index in [0.717, 1.165) is 12.1 Å². The lowest BCUT2D eigenvalue weighted by Crippen LogP contribution is -2.09. The average molecular weight is 201 g/mol. The lowest BCUT2D eigenvalue weighted by Gasteiger charge is -2.13. The topological polar surface area (TPSA) is 21.6 Å². The fourth-order valence-corrected chi connectivity index (χ4v) is 1.20. The minimum Gasteiger partial charge on any atom is -0.471 e. The van der Waals surface area contributed by atoms with E-state index in [9.17, 15) is 13.2 Å². The second kappa shape index (κ2) is 3.01. The Hall–Kier alpha value is -1.52. The highest BCUT2D eigenvalue weighted by Crippen LogP contribution is 2.32. The van der Waals surface area contributed by atoms with Crippen LogP contribution in [0.1, 0.15) is 11.1 Å². The molecule has 1 aromatic rings. The predicted molar refractivity (Wildman–Crippen MR) is 44.5 cm³/mol. The first-order valence-corrected chi connectivity index (χ1v) is 3.91. The van der Waals surface area contributed by atoms with E-state index in [1.54, 1.807) is 0 Å². The highest BCUT2D eigenvalue weighted by Gasteiger charge is 2.31. The fourth-order valence-electron chi connectivity index (χ4n) is 1.20. The average Bonchev–Trinajstić information content (AvgIpc) is 2.16. The van der Waals surface area contributed by atoms with Gasteiger partial charge in [0.15, 0.2) is 6.73 Å². The van der Waals surface area contributed by atoms with Gasteiger partial charge in [0.25, 0.3) is 0 Å². The van der Waals surface area contributed by atoms with Crippen molar-refractivity contribution in [3.63, 3.8) is 0 Å². The number of hydrogen-bond donors (Lipinski definition) is 0. The minimum atomic E-state index is -4.32. The lowest BCUT2D eigenvalue weighted by atomic mass is 10.1. The van der Waals surface area contributed by atoms with E-state index in [2.05, 4.69) is 4.99 Å². The van der Waals surface area contributed by atoms with Crippen LogP contribution in [0, 0.1) is 0 Å². The van der Waals surface area contributed by atoms with Crippen molar-refractivity contribution < 1.29 is 17.9 Å². The van der Waals surface area contributed by atoms with Gasteiger partial charge in [0.2, 0.25) is 0 Å². The fraction of sp³-hybridized carbons (Fsp3) is 0.222. The number of rotatable bonds is 0. The zero-order chi connectivity index (χ0) is 10.2. The van der Waals surface area contributed by atoms with E-state index in [0.29, 0.717) is 11.3 Å². The molecule has 1 aliphatic rings. The number of fused-ring (bicyclic) bond motifs is 1. The van der Waals surface area contributed by atoms with Crippen molar-refractivity contribution in [3.05, 3.63) is 29.3 Å². The summed E-state index contributed by atoms with van der Waals surface area (Å²) in [5.41, 5.74) is -0.320. The van der Waals surface area contributed by atoms with E-state index in [1.807, 2.05) is 0 Å².